The lowest BCUT2D eigenvalue weighted by molar-refractivity contribution is -0.134. The van der Waals surface area contributed by atoms with E-state index in [2.05, 4.69) is 9.88 Å². The van der Waals surface area contributed by atoms with Gasteiger partial charge in [0.25, 0.3) is 0 Å². The van der Waals surface area contributed by atoms with Crippen LogP contribution in [0.15, 0.2) is 53.3 Å². The molecule has 0 saturated carbocycles. The number of H-pyrrole nitrogens is 1. The number of nitrogen functional groups attached to an aromatic ring is 1. The van der Waals surface area contributed by atoms with Crippen molar-refractivity contribution in [1.29, 1.82) is 0 Å². The number of aliphatic carboxylic acids is 2. The zero-order valence-corrected chi connectivity index (χ0v) is 20.5. The van der Waals surface area contributed by atoms with Gasteiger partial charge in [-0.05, 0) is 37.1 Å². The summed E-state index contributed by atoms with van der Waals surface area (Å²) in [6.45, 7) is 1.75. The van der Waals surface area contributed by atoms with Gasteiger partial charge in [-0.25, -0.2) is 14.4 Å². The van der Waals surface area contributed by atoms with Gasteiger partial charge in [-0.1, -0.05) is 35.3 Å². The van der Waals surface area contributed by atoms with Crippen molar-refractivity contribution >= 4 is 57.6 Å². The number of ketones is 1. The average Bonchev–Trinajstić information content (AvgIpc) is 3.17. The zero-order chi connectivity index (χ0) is 26.4. The molecule has 1 saturated heterocycles. The lowest BCUT2D eigenvalue weighted by Gasteiger charge is -2.32. The second-order valence-electron chi connectivity index (χ2n) is 8.11. The highest BCUT2D eigenvalue weighted by atomic mass is 35.5. The van der Waals surface area contributed by atoms with Crippen molar-refractivity contribution in [2.75, 3.05) is 25.4 Å². The minimum absolute atomic E-state index is 0.0495. The Labute approximate surface area is 215 Å². The van der Waals surface area contributed by atoms with E-state index in [1.54, 1.807) is 12.1 Å². The number of fused-ring (bicyclic) bond motifs is 1. The number of carboxylic acids is 2. The Morgan fingerprint density at radius 3 is 2.14 bits per heavy atom. The molecular formula is C24H24Cl2N4O6. The Morgan fingerprint density at radius 2 is 1.58 bits per heavy atom. The number of rotatable bonds is 6. The van der Waals surface area contributed by atoms with Crippen LogP contribution in [-0.4, -0.2) is 62.0 Å². The maximum absolute atomic E-state index is 12.6. The van der Waals surface area contributed by atoms with E-state index in [9.17, 15) is 19.2 Å². The summed E-state index contributed by atoms with van der Waals surface area (Å²) in [6, 6.07) is 10.9. The van der Waals surface area contributed by atoms with Crippen LogP contribution in [0.4, 0.5) is 5.69 Å². The maximum Gasteiger partial charge on any atom is 0.328 e. The second-order valence-corrected chi connectivity index (χ2v) is 8.93. The van der Waals surface area contributed by atoms with Crippen LogP contribution in [0.25, 0.3) is 11.0 Å². The number of halogens is 2. The SMILES string of the molecule is Nc1c(Cl)cc(C(=O)CN2CCC(n3c(=O)[nH]c4ccccc43)CC2)cc1Cl.O=C(O)/C=C\C(=O)O. The third-order valence-corrected chi connectivity index (χ3v) is 6.31. The molecule has 36 heavy (non-hydrogen) atoms. The van der Waals surface area contributed by atoms with Crippen molar-refractivity contribution in [3.63, 3.8) is 0 Å². The standard InChI is InChI=1S/C20H20Cl2N4O2.C4H4O4/c21-14-9-12(10-15(22)19(14)23)18(27)11-25-7-5-13(6-8-25)26-17-4-2-1-3-16(17)24-20(26)28;5-3(6)1-2-4(7)8/h1-4,9-10,13H,5-8,11,23H2,(H,24,28);1-2H,(H,5,6)(H,7,8)/b;2-1-. The number of nitrogens with one attached hydrogen (secondary N) is 1. The molecule has 0 amide bonds. The van der Waals surface area contributed by atoms with Gasteiger partial charge in [0.1, 0.15) is 0 Å². The van der Waals surface area contributed by atoms with Crippen LogP contribution in [0.1, 0.15) is 29.2 Å². The van der Waals surface area contributed by atoms with Gasteiger partial charge in [0.15, 0.2) is 5.78 Å². The number of carbonyl (C=O) groups excluding carboxylic acids is 1. The molecule has 0 radical (unpaired) electrons. The summed E-state index contributed by atoms with van der Waals surface area (Å²) in [4.78, 5) is 49.1. The first-order valence-corrected chi connectivity index (χ1v) is 11.7. The number of carbonyl (C=O) groups is 3. The number of carboxylic acid groups (broad SMARTS) is 2. The molecule has 3 aromatic rings. The van der Waals surface area contributed by atoms with E-state index in [1.165, 1.54) is 0 Å². The minimum Gasteiger partial charge on any atom is -0.478 e. The number of piperidine rings is 1. The first-order valence-electron chi connectivity index (χ1n) is 10.9. The van der Waals surface area contributed by atoms with Gasteiger partial charge < -0.3 is 20.9 Å². The van der Waals surface area contributed by atoms with Crippen molar-refractivity contribution in [2.45, 2.75) is 18.9 Å². The summed E-state index contributed by atoms with van der Waals surface area (Å²) >= 11 is 12.1. The van der Waals surface area contributed by atoms with Crippen LogP contribution in [0.2, 0.25) is 10.0 Å². The highest BCUT2D eigenvalue weighted by Gasteiger charge is 2.25. The number of aromatic nitrogens is 2. The number of anilines is 1. The molecule has 0 aliphatic carbocycles. The van der Waals surface area contributed by atoms with Gasteiger partial charge in [-0.2, -0.15) is 0 Å². The number of nitrogens with two attached hydrogens (primary N) is 1. The van der Waals surface area contributed by atoms with Crippen LogP contribution >= 0.6 is 23.2 Å². The van der Waals surface area contributed by atoms with Crippen LogP contribution in [0, 0.1) is 0 Å². The van der Waals surface area contributed by atoms with Crippen LogP contribution in [0.3, 0.4) is 0 Å². The quantitative estimate of drug-likeness (QED) is 0.212. The van der Waals surface area contributed by atoms with Crippen LogP contribution < -0.4 is 11.4 Å². The normalized spacial score (nSPS) is 14.5. The number of imidazole rings is 1. The lowest BCUT2D eigenvalue weighted by atomic mass is 10.0. The van der Waals surface area contributed by atoms with E-state index in [-0.39, 0.29) is 39.8 Å². The van der Waals surface area contributed by atoms with Gasteiger partial charge in [-0.3, -0.25) is 14.3 Å². The highest BCUT2D eigenvalue weighted by molar-refractivity contribution is 6.39. The molecule has 0 unspecified atom stereocenters. The van der Waals surface area contributed by atoms with E-state index in [0.717, 1.165) is 37.0 Å². The minimum atomic E-state index is -1.26. The van der Waals surface area contributed by atoms with Gasteiger partial charge in [0.05, 0.1) is 33.3 Å². The Hall–Kier alpha value is -3.60. The van der Waals surface area contributed by atoms with E-state index >= 15 is 0 Å². The monoisotopic (exact) mass is 534 g/mol. The van der Waals surface area contributed by atoms with E-state index < -0.39 is 11.9 Å². The van der Waals surface area contributed by atoms with Crippen molar-refractivity contribution in [1.82, 2.24) is 14.5 Å². The van der Waals surface area contributed by atoms with Gasteiger partial charge in [0.2, 0.25) is 0 Å². The van der Waals surface area contributed by atoms with Crippen molar-refractivity contribution in [2.24, 2.45) is 0 Å². The average molecular weight is 535 g/mol. The van der Waals surface area contributed by atoms with Crippen molar-refractivity contribution in [3.05, 3.63) is 74.6 Å². The molecule has 2 heterocycles. The molecule has 1 fully saturated rings. The summed E-state index contributed by atoms with van der Waals surface area (Å²) in [5.74, 6) is -2.56. The number of likely N-dealkylation sites (tertiary alicyclic amines) is 1. The van der Waals surface area contributed by atoms with E-state index in [0.29, 0.717) is 17.7 Å². The molecule has 12 heteroatoms. The molecule has 4 rings (SSSR count). The second kappa shape index (κ2) is 11.9. The molecule has 2 aromatic carbocycles. The molecule has 0 atom stereocenters. The first kappa shape index (κ1) is 27.0. The number of Topliss-reactive ketones (excluding diaryl/α,β-unsaturated/α-hetero) is 1. The number of hydrogen-bond acceptors (Lipinski definition) is 6. The summed E-state index contributed by atoms with van der Waals surface area (Å²) in [5.41, 5.74) is 8.16. The third-order valence-electron chi connectivity index (χ3n) is 5.68. The van der Waals surface area contributed by atoms with Crippen LogP contribution in [-0.2, 0) is 9.59 Å². The number of nitrogens with zero attached hydrogens (tertiary/aromatic N) is 2. The molecule has 1 aliphatic heterocycles. The topological polar surface area (TPSA) is 159 Å². The zero-order valence-electron chi connectivity index (χ0n) is 19.0. The molecule has 1 aromatic heterocycles. The number of benzene rings is 2. The largest absolute Gasteiger partial charge is 0.478 e. The predicted octanol–water partition coefficient (Wildman–Crippen LogP) is 3.45. The summed E-state index contributed by atoms with van der Waals surface area (Å²) in [6.07, 6.45) is 2.72. The van der Waals surface area contributed by atoms with Gasteiger partial charge in [-0.15, -0.1) is 0 Å². The fourth-order valence-corrected chi connectivity index (χ4v) is 4.44. The number of aromatic amines is 1. The predicted molar refractivity (Wildman–Crippen MR) is 137 cm³/mol. The Kier molecular flexibility index (Phi) is 8.92. The van der Waals surface area contributed by atoms with Gasteiger partial charge in [0, 0.05) is 36.8 Å². The molecule has 1 aliphatic rings. The Balaban J connectivity index is 0.000000392. The molecule has 10 nitrogen and oxygen atoms in total. The lowest BCUT2D eigenvalue weighted by Crippen LogP contribution is -2.39. The third kappa shape index (κ3) is 6.75. The Morgan fingerprint density at radius 1 is 1.03 bits per heavy atom. The smallest absolute Gasteiger partial charge is 0.328 e. The Bertz CT molecular complexity index is 1330. The molecule has 190 valence electrons. The number of hydrogen-bond donors (Lipinski definition) is 4. The van der Waals surface area contributed by atoms with Crippen LogP contribution in [0.5, 0.6) is 0 Å². The molecule has 0 spiro atoms. The fourth-order valence-electron chi connectivity index (χ4n) is 3.95. The van der Waals surface area contributed by atoms with E-state index in [1.807, 2.05) is 28.8 Å². The highest BCUT2D eigenvalue weighted by Crippen LogP contribution is 2.29. The van der Waals surface area contributed by atoms with E-state index in [4.69, 9.17) is 39.1 Å². The van der Waals surface area contributed by atoms with Crippen molar-refractivity contribution in [3.8, 4) is 0 Å². The molecule has 0 bridgehead atoms. The fraction of sp³-hybridized carbons (Fsp3) is 0.250. The summed E-state index contributed by atoms with van der Waals surface area (Å²) in [5, 5.41) is 16.2. The molecular weight excluding hydrogens is 511 g/mol. The van der Waals surface area contributed by atoms with Gasteiger partial charge >= 0.3 is 17.6 Å². The summed E-state index contributed by atoms with van der Waals surface area (Å²) in [7, 11) is 0. The number of para-hydroxylation sites is 2. The van der Waals surface area contributed by atoms with Crippen molar-refractivity contribution < 1.29 is 24.6 Å². The summed E-state index contributed by atoms with van der Waals surface area (Å²) < 4.78 is 1.84. The first-order chi connectivity index (χ1) is 17.1. The maximum atomic E-state index is 12.6. The molecule has 5 N–H and O–H groups in total.